The molecule has 6 aromatic heterocycles. The number of aromatic hydroxyl groups is 3. The van der Waals surface area contributed by atoms with Gasteiger partial charge in [0.15, 0.2) is 34.7 Å². The number of amides is 3. The largest absolute Gasteiger partial charge is 0.506 e. The van der Waals surface area contributed by atoms with E-state index >= 15 is 0 Å². The Hall–Kier alpha value is -12.5. The molecule has 27 nitrogen and oxygen atoms in total. The predicted molar refractivity (Wildman–Crippen MR) is 536 cm³/mol. The maximum absolute atomic E-state index is 12.8. The van der Waals surface area contributed by atoms with Gasteiger partial charge >= 0.3 is 0 Å². The number of rotatable bonds is 43. The standard InChI is InChI=1S/C37H41N3O6S.C33H31Cl2N3O6S.C21H24N2O5.C12H10BrNOS/c1-24(30-23-47-35(34(30)44)27-11-14-29(15-12-27)37(2,3)4)38-22-33(43)28-13-16-31(39-21-28)36(45)40-20-25-7-9-26(10-8-25)32(42)6-5-18-46-19-17-41;1-20(25-19-45-32(31(25)42)23-8-10-26(34)27(35)15-23)36-18-30(41)24-9-11-28(37-17-24)33(43)38-16-21-4-6-22(7-5-21)29(40)3-2-13-44-14-12-39;1-15(25)18-8-9-19(22-14-18)21(27)23-13-16-4-6-17(7-5-16)20(26)3-2-11-28-12-10-24;1-7(14)10-6-16-12(11(10)15)8-2-4-9(13)5-3-8/h7-16,21,23,41,44H,5-6,17-20,22H2,1-4H3,(H,40,45);4-11,15,17,19,39,42H,2-3,12-14,16,18H2,1H3,(H,38,43);4-9,14,24H,2-3,10-13H2,1H3,(H,23,27);2-6,14-15H,1H3. The number of Topliss-reactive ketones (excluding diaryl/α,β-unsaturated/α-hetero) is 6. The zero-order valence-electron chi connectivity index (χ0n) is 76.0. The molecule has 0 aliphatic carbocycles. The van der Waals surface area contributed by atoms with E-state index in [1.807, 2.05) is 47.2 Å². The number of aliphatic imine (C=N–C) groups is 2. The van der Waals surface area contributed by atoms with E-state index in [4.69, 9.17) is 58.1 Å². The SMILES string of the molecule is CC(=N)c1csc(-c2ccc(Br)cc2)c1O.CC(=NCC(=O)c1ccc(C(=O)NCc2ccc(C(=O)CCCOCCO)cc2)nc1)c1csc(-c2ccc(C(C)(C)C)cc2)c1O.CC(=NCC(=O)c1ccc(C(=O)NCc2ccc(C(=O)CCCOCCO)cc2)nc1)c1csc(-c2ccc(Cl)c(Cl)c2)c1O.CC(=O)c1ccc(C(=O)NCc2ccc(C(=O)CCCOCCO)cc2)nc1. The number of ether oxygens (including phenoxy) is 3. The third kappa shape index (κ3) is 32.9. The summed E-state index contributed by atoms with van der Waals surface area (Å²) in [6.45, 7) is 15.5. The molecular formula is C103H106BrCl2N9O18S3. The average molecular weight is 2010 g/mol. The molecule has 0 spiro atoms. The fourth-order valence-electron chi connectivity index (χ4n) is 12.8. The van der Waals surface area contributed by atoms with E-state index in [0.717, 1.165) is 47.6 Å². The zero-order chi connectivity index (χ0) is 98.4. The first kappa shape index (κ1) is 107. The minimum atomic E-state index is -0.406. The lowest BCUT2D eigenvalue weighted by Crippen LogP contribution is -2.24. The number of hydrogen-bond donors (Lipinski definition) is 10. The molecule has 12 aromatic rings. The molecule has 0 aliphatic heterocycles. The van der Waals surface area contributed by atoms with Crippen LogP contribution < -0.4 is 16.0 Å². The van der Waals surface area contributed by atoms with Gasteiger partial charge in [0.25, 0.3) is 17.7 Å². The van der Waals surface area contributed by atoms with Crippen molar-refractivity contribution in [2.45, 2.75) is 112 Å². The van der Waals surface area contributed by atoms with Crippen LogP contribution in [-0.4, -0.2) is 188 Å². The van der Waals surface area contributed by atoms with Crippen LogP contribution in [0, 0.1) is 5.41 Å². The van der Waals surface area contributed by atoms with Crippen molar-refractivity contribution in [2.24, 2.45) is 9.98 Å². The molecule has 0 saturated heterocycles. The molecule has 0 bridgehead atoms. The van der Waals surface area contributed by atoms with Crippen molar-refractivity contribution in [3.8, 4) is 48.6 Å². The summed E-state index contributed by atoms with van der Waals surface area (Å²) in [5.74, 6) is -1.36. The van der Waals surface area contributed by atoms with Gasteiger partial charge < -0.3 is 66.2 Å². The molecular weight excluding hydrogens is 1900 g/mol. The number of aliphatic hydroxyl groups is 3. The summed E-state index contributed by atoms with van der Waals surface area (Å²) >= 11 is 19.7. The van der Waals surface area contributed by atoms with Crippen LogP contribution in [-0.2, 0) is 39.3 Å². The second-order valence-electron chi connectivity index (χ2n) is 31.8. The summed E-state index contributed by atoms with van der Waals surface area (Å²) in [6.07, 6.45) is 6.91. The van der Waals surface area contributed by atoms with Gasteiger partial charge in [0.1, 0.15) is 47.4 Å². The lowest BCUT2D eigenvalue weighted by molar-refractivity contribution is 0.0829. The van der Waals surface area contributed by atoms with E-state index in [2.05, 4.69) is 89.7 Å². The Morgan fingerprint density at radius 2 is 0.728 bits per heavy atom. The van der Waals surface area contributed by atoms with E-state index in [1.165, 1.54) is 89.4 Å². The monoisotopic (exact) mass is 2000 g/mol. The number of nitrogens with one attached hydrogen (secondary N) is 4. The molecule has 0 unspecified atom stereocenters. The van der Waals surface area contributed by atoms with E-state index in [0.29, 0.717) is 147 Å². The molecule has 0 aliphatic rings. The minimum Gasteiger partial charge on any atom is -0.506 e. The molecule has 3 amide bonds. The van der Waals surface area contributed by atoms with Crippen molar-refractivity contribution >= 4 is 143 Å². The number of hydrogen-bond acceptors (Lipinski definition) is 27. The fourth-order valence-corrected chi connectivity index (χ4v) is 16.4. The summed E-state index contributed by atoms with van der Waals surface area (Å²) < 4.78 is 16.5. The molecule has 10 N–H and O–H groups in total. The van der Waals surface area contributed by atoms with E-state index in [9.17, 15) is 58.5 Å². The summed E-state index contributed by atoms with van der Waals surface area (Å²) in [5, 5.41) is 79.8. The number of aliphatic hydroxyl groups excluding tert-OH is 3. The van der Waals surface area contributed by atoms with Crippen LogP contribution in [0.1, 0.15) is 220 Å². The first-order valence-corrected chi connectivity index (χ1v) is 47.5. The molecule has 12 rings (SSSR count). The van der Waals surface area contributed by atoms with Crippen molar-refractivity contribution in [1.82, 2.24) is 30.9 Å². The number of halogens is 3. The highest BCUT2D eigenvalue weighted by Gasteiger charge is 2.23. The fraction of sp³-hybridized carbons (Fsp3) is 0.272. The van der Waals surface area contributed by atoms with Gasteiger partial charge in [0.2, 0.25) is 0 Å². The van der Waals surface area contributed by atoms with Gasteiger partial charge in [-0.25, -0.2) is 0 Å². The molecule has 136 heavy (non-hydrogen) atoms. The number of ketones is 6. The molecule has 6 heterocycles. The Labute approximate surface area is 818 Å². The van der Waals surface area contributed by atoms with Gasteiger partial charge in [-0.1, -0.05) is 175 Å². The predicted octanol–water partition coefficient (Wildman–Crippen LogP) is 19.3. The summed E-state index contributed by atoms with van der Waals surface area (Å²) in [5.41, 5.74) is 12.9. The number of aromatic nitrogens is 3. The highest BCUT2D eigenvalue weighted by Crippen LogP contribution is 2.43. The molecule has 710 valence electrons. The third-order valence-corrected chi connectivity index (χ3v) is 25.0. The molecule has 0 atom stereocenters. The van der Waals surface area contributed by atoms with Crippen molar-refractivity contribution < 1.29 is 88.0 Å². The quantitative estimate of drug-likeness (QED) is 0.00964. The Bertz CT molecular complexity index is 6150. The maximum atomic E-state index is 12.8. The van der Waals surface area contributed by atoms with Gasteiger partial charge in [-0.05, 0) is 152 Å². The molecule has 0 saturated carbocycles. The highest BCUT2D eigenvalue weighted by molar-refractivity contribution is 9.10. The van der Waals surface area contributed by atoms with Gasteiger partial charge in [-0.3, -0.25) is 68.1 Å². The Morgan fingerprint density at radius 1 is 0.404 bits per heavy atom. The zero-order valence-corrected chi connectivity index (χ0v) is 81.6. The summed E-state index contributed by atoms with van der Waals surface area (Å²) in [4.78, 5) is 134. The van der Waals surface area contributed by atoms with E-state index < -0.39 is 11.8 Å². The minimum absolute atomic E-state index is 0.00321. The second kappa shape index (κ2) is 54.3. The molecule has 6 aromatic carbocycles. The average Bonchev–Trinajstić information content (AvgIpc) is 1.69. The van der Waals surface area contributed by atoms with Gasteiger partial charge in [-0.15, -0.1) is 34.0 Å². The van der Waals surface area contributed by atoms with Crippen LogP contribution in [0.2, 0.25) is 10.0 Å². The first-order chi connectivity index (χ1) is 65.2. The Kier molecular flexibility index (Phi) is 42.8. The van der Waals surface area contributed by atoms with Crippen molar-refractivity contribution in [3.63, 3.8) is 0 Å². The maximum Gasteiger partial charge on any atom is 0.270 e. The summed E-state index contributed by atoms with van der Waals surface area (Å²) in [7, 11) is 0. The van der Waals surface area contributed by atoms with Crippen molar-refractivity contribution in [2.75, 3.05) is 72.6 Å². The lowest BCUT2D eigenvalue weighted by atomic mass is 9.86. The smallest absolute Gasteiger partial charge is 0.270 e. The Morgan fingerprint density at radius 3 is 1.04 bits per heavy atom. The van der Waals surface area contributed by atoms with Crippen LogP contribution in [0.15, 0.2) is 225 Å². The number of nitrogens with zero attached hydrogens (tertiary/aromatic N) is 5. The lowest BCUT2D eigenvalue weighted by Gasteiger charge is -2.19. The van der Waals surface area contributed by atoms with Gasteiger partial charge in [0, 0.05) is 165 Å². The number of carbonyl (C=O) groups excluding carboxylic acids is 9. The molecule has 0 radical (unpaired) electrons. The number of carbonyl (C=O) groups is 9. The van der Waals surface area contributed by atoms with Crippen LogP contribution in [0.25, 0.3) is 31.3 Å². The van der Waals surface area contributed by atoms with E-state index in [-0.39, 0.29) is 146 Å². The topological polar surface area (TPSA) is 426 Å². The van der Waals surface area contributed by atoms with Crippen LogP contribution in [0.4, 0.5) is 0 Å². The first-order valence-electron chi connectivity index (χ1n) is 43.3. The van der Waals surface area contributed by atoms with Gasteiger partial charge in [0.05, 0.1) is 64.3 Å². The second-order valence-corrected chi connectivity index (χ2v) is 36.2. The number of benzene rings is 6. The molecule has 0 fully saturated rings. The van der Waals surface area contributed by atoms with Crippen LogP contribution >= 0.6 is 73.1 Å². The van der Waals surface area contributed by atoms with Crippen LogP contribution in [0.3, 0.4) is 0 Å². The normalized spacial score (nSPS) is 11.2. The van der Waals surface area contributed by atoms with Gasteiger partial charge in [-0.2, -0.15) is 0 Å². The van der Waals surface area contributed by atoms with Crippen molar-refractivity contribution in [1.29, 1.82) is 5.41 Å². The third-order valence-electron chi connectivity index (χ3n) is 20.7. The summed E-state index contributed by atoms with van der Waals surface area (Å²) in [6, 6.07) is 51.2. The molecule has 33 heteroatoms. The van der Waals surface area contributed by atoms with Crippen LogP contribution in [0.5, 0.6) is 17.2 Å². The van der Waals surface area contributed by atoms with E-state index in [1.54, 1.807) is 129 Å². The Balaban J connectivity index is 0.000000216. The number of thiophene rings is 3. The van der Waals surface area contributed by atoms with Crippen molar-refractivity contribution in [3.05, 3.63) is 315 Å². The number of pyridine rings is 3. The highest BCUT2D eigenvalue weighted by atomic mass is 79.9.